The quantitative estimate of drug-likeness (QED) is 0.454. The van der Waals surface area contributed by atoms with Gasteiger partial charge in [-0.3, -0.25) is 4.99 Å². The Bertz CT molecular complexity index is 512. The number of hydrogen-bond acceptors (Lipinski definition) is 2. The molecule has 128 valence electrons. The van der Waals surface area contributed by atoms with Crippen molar-refractivity contribution in [3.8, 4) is 0 Å². The van der Waals surface area contributed by atoms with Crippen molar-refractivity contribution in [2.75, 3.05) is 33.9 Å². The molecule has 0 radical (unpaired) electrons. The van der Waals surface area contributed by atoms with Crippen molar-refractivity contribution in [1.82, 2.24) is 10.2 Å². The number of rotatable bonds is 8. The van der Waals surface area contributed by atoms with Crippen molar-refractivity contribution in [2.45, 2.75) is 32.7 Å². The lowest BCUT2D eigenvalue weighted by Gasteiger charge is -2.24. The maximum Gasteiger partial charge on any atom is 0.193 e. The molecule has 0 unspecified atom stereocenters. The average molecular weight is 321 g/mol. The maximum absolute atomic E-state index is 13.0. The molecule has 2 rings (SSSR count). The van der Waals surface area contributed by atoms with Crippen LogP contribution in [0.15, 0.2) is 29.3 Å². The zero-order chi connectivity index (χ0) is 16.7. The number of benzene rings is 1. The van der Waals surface area contributed by atoms with Crippen molar-refractivity contribution in [2.24, 2.45) is 10.4 Å². The maximum atomic E-state index is 13.0. The van der Waals surface area contributed by atoms with Crippen LogP contribution in [0.1, 0.15) is 31.7 Å². The summed E-state index contributed by atoms with van der Waals surface area (Å²) in [4.78, 5) is 6.42. The Morgan fingerprint density at radius 1 is 1.35 bits per heavy atom. The minimum absolute atomic E-state index is 0.205. The monoisotopic (exact) mass is 321 g/mol. The zero-order valence-electron chi connectivity index (χ0n) is 14.4. The van der Waals surface area contributed by atoms with E-state index >= 15 is 0 Å². The van der Waals surface area contributed by atoms with Crippen LogP contribution in [0.3, 0.4) is 0 Å². The molecule has 1 aromatic rings. The van der Waals surface area contributed by atoms with E-state index in [2.05, 4.69) is 15.2 Å². The molecular weight excluding hydrogens is 293 g/mol. The molecule has 1 aliphatic rings. The van der Waals surface area contributed by atoms with Crippen molar-refractivity contribution >= 4 is 5.96 Å². The number of nitrogens with zero attached hydrogens (tertiary/aromatic N) is 2. The fraction of sp³-hybridized carbons (Fsp3) is 0.611. The fourth-order valence-corrected chi connectivity index (χ4v) is 2.71. The summed E-state index contributed by atoms with van der Waals surface area (Å²) in [6.07, 6.45) is 3.62. The van der Waals surface area contributed by atoms with Crippen molar-refractivity contribution in [1.29, 1.82) is 0 Å². The van der Waals surface area contributed by atoms with Gasteiger partial charge in [-0.05, 0) is 49.3 Å². The predicted molar refractivity (Wildman–Crippen MR) is 92.0 cm³/mol. The van der Waals surface area contributed by atoms with Gasteiger partial charge in [-0.1, -0.05) is 12.1 Å². The molecule has 0 heterocycles. The Labute approximate surface area is 138 Å². The lowest BCUT2D eigenvalue weighted by atomic mass is 10.0. The molecular formula is C18H28FN3O. The van der Waals surface area contributed by atoms with Gasteiger partial charge in [-0.15, -0.1) is 0 Å². The highest BCUT2D eigenvalue weighted by atomic mass is 19.1. The van der Waals surface area contributed by atoms with Crippen LogP contribution >= 0.6 is 0 Å². The van der Waals surface area contributed by atoms with E-state index in [1.807, 2.05) is 26.1 Å². The van der Waals surface area contributed by atoms with Gasteiger partial charge < -0.3 is 15.0 Å². The van der Waals surface area contributed by atoms with Gasteiger partial charge in [0.1, 0.15) is 5.82 Å². The van der Waals surface area contributed by atoms with E-state index in [0.29, 0.717) is 12.0 Å². The molecule has 0 amide bonds. The van der Waals surface area contributed by atoms with Crippen LogP contribution in [-0.2, 0) is 11.3 Å². The molecule has 1 aliphatic carbocycles. The van der Waals surface area contributed by atoms with E-state index < -0.39 is 0 Å². The number of nitrogens with one attached hydrogen (secondary N) is 1. The van der Waals surface area contributed by atoms with Gasteiger partial charge in [-0.2, -0.15) is 0 Å². The van der Waals surface area contributed by atoms with E-state index in [1.54, 1.807) is 7.05 Å². The minimum Gasteiger partial charge on any atom is -0.382 e. The Morgan fingerprint density at radius 2 is 2.04 bits per heavy atom. The van der Waals surface area contributed by atoms with Crippen molar-refractivity contribution in [3.63, 3.8) is 0 Å². The largest absolute Gasteiger partial charge is 0.382 e. The third-order valence-electron chi connectivity index (χ3n) is 4.47. The summed E-state index contributed by atoms with van der Waals surface area (Å²) >= 11 is 0. The van der Waals surface area contributed by atoms with E-state index in [0.717, 1.165) is 37.7 Å². The second-order valence-corrected chi connectivity index (χ2v) is 6.33. The number of halogens is 1. The normalized spacial score (nSPS) is 16.3. The fourth-order valence-electron chi connectivity index (χ4n) is 2.71. The molecule has 0 spiro atoms. The van der Waals surface area contributed by atoms with E-state index in [-0.39, 0.29) is 5.82 Å². The Morgan fingerprint density at radius 3 is 2.61 bits per heavy atom. The molecule has 0 atom stereocenters. The van der Waals surface area contributed by atoms with Crippen LogP contribution in [0, 0.1) is 11.2 Å². The standard InChI is InChI=1S/C18H28FN3O/c1-4-23-12-11-18(9-10-18)14-21-17(20-2)22(3)13-15-5-7-16(19)8-6-15/h5-8H,4,9-14H2,1-3H3,(H,20,21). The first kappa shape index (κ1) is 17.7. The average Bonchev–Trinajstić information content (AvgIpc) is 3.31. The van der Waals surface area contributed by atoms with Crippen LogP contribution in [0.25, 0.3) is 0 Å². The van der Waals surface area contributed by atoms with Crippen LogP contribution in [-0.4, -0.2) is 44.7 Å². The zero-order valence-corrected chi connectivity index (χ0v) is 14.4. The molecule has 23 heavy (non-hydrogen) atoms. The number of aliphatic imine (C=N–C) groups is 1. The summed E-state index contributed by atoms with van der Waals surface area (Å²) in [7, 11) is 3.79. The first-order valence-electron chi connectivity index (χ1n) is 8.32. The van der Waals surface area contributed by atoms with Gasteiger partial charge in [0.25, 0.3) is 0 Å². The molecule has 0 bridgehead atoms. The third-order valence-corrected chi connectivity index (χ3v) is 4.47. The lowest BCUT2D eigenvalue weighted by molar-refractivity contribution is 0.128. The topological polar surface area (TPSA) is 36.9 Å². The number of ether oxygens (including phenoxy) is 1. The van der Waals surface area contributed by atoms with Crippen LogP contribution in [0.2, 0.25) is 0 Å². The molecule has 0 aliphatic heterocycles. The lowest BCUT2D eigenvalue weighted by Crippen LogP contribution is -2.41. The van der Waals surface area contributed by atoms with Gasteiger partial charge >= 0.3 is 0 Å². The Kier molecular flexibility index (Phi) is 6.39. The van der Waals surface area contributed by atoms with Crippen LogP contribution in [0.5, 0.6) is 0 Å². The van der Waals surface area contributed by atoms with Gasteiger partial charge in [0.05, 0.1) is 0 Å². The molecule has 1 saturated carbocycles. The molecule has 1 aromatic carbocycles. The van der Waals surface area contributed by atoms with Gasteiger partial charge in [0, 0.05) is 40.4 Å². The SMILES string of the molecule is CCOCCC1(CNC(=NC)N(C)Cc2ccc(F)cc2)CC1. The molecule has 4 nitrogen and oxygen atoms in total. The summed E-state index contributed by atoms with van der Waals surface area (Å²) in [6.45, 7) is 5.28. The first-order chi connectivity index (χ1) is 11.1. The molecule has 1 N–H and O–H groups in total. The first-order valence-corrected chi connectivity index (χ1v) is 8.32. The summed E-state index contributed by atoms with van der Waals surface area (Å²) < 4.78 is 18.5. The second-order valence-electron chi connectivity index (χ2n) is 6.33. The highest BCUT2D eigenvalue weighted by Crippen LogP contribution is 2.48. The van der Waals surface area contributed by atoms with Gasteiger partial charge in [0.15, 0.2) is 5.96 Å². The summed E-state index contributed by atoms with van der Waals surface area (Å²) in [5, 5.41) is 3.48. The van der Waals surface area contributed by atoms with Crippen LogP contribution < -0.4 is 5.32 Å². The molecule has 0 saturated heterocycles. The van der Waals surface area contributed by atoms with E-state index in [9.17, 15) is 4.39 Å². The summed E-state index contributed by atoms with van der Waals surface area (Å²) in [5.41, 5.74) is 1.44. The predicted octanol–water partition coefficient (Wildman–Crippen LogP) is 3.04. The molecule has 0 aromatic heterocycles. The Hall–Kier alpha value is -1.62. The molecule has 5 heteroatoms. The second kappa shape index (κ2) is 8.29. The smallest absolute Gasteiger partial charge is 0.193 e. The third kappa shape index (κ3) is 5.50. The minimum atomic E-state index is -0.205. The van der Waals surface area contributed by atoms with E-state index in [4.69, 9.17) is 4.74 Å². The highest BCUT2D eigenvalue weighted by Gasteiger charge is 2.42. The van der Waals surface area contributed by atoms with E-state index in [1.165, 1.54) is 25.0 Å². The van der Waals surface area contributed by atoms with Crippen molar-refractivity contribution in [3.05, 3.63) is 35.6 Å². The van der Waals surface area contributed by atoms with Crippen LogP contribution in [0.4, 0.5) is 4.39 Å². The van der Waals surface area contributed by atoms with Crippen molar-refractivity contribution < 1.29 is 9.13 Å². The van der Waals surface area contributed by atoms with Gasteiger partial charge in [-0.25, -0.2) is 4.39 Å². The summed E-state index contributed by atoms with van der Waals surface area (Å²) in [6, 6.07) is 6.60. The highest BCUT2D eigenvalue weighted by molar-refractivity contribution is 5.79. The number of hydrogen-bond donors (Lipinski definition) is 1. The molecule has 1 fully saturated rings. The van der Waals surface area contributed by atoms with Gasteiger partial charge in [0.2, 0.25) is 0 Å². The summed E-state index contributed by atoms with van der Waals surface area (Å²) in [5.74, 6) is 0.667. The Balaban J connectivity index is 1.81. The number of guanidine groups is 1.